The van der Waals surface area contributed by atoms with Crippen molar-refractivity contribution in [3.63, 3.8) is 0 Å². The van der Waals surface area contributed by atoms with Crippen molar-refractivity contribution in [3.05, 3.63) is 24.2 Å². The number of ether oxygens (including phenoxy) is 1. The van der Waals surface area contributed by atoms with E-state index in [1.807, 2.05) is 18.7 Å². The third-order valence-corrected chi connectivity index (χ3v) is 3.86. The Balaban J connectivity index is 1.71. The molecule has 3 atom stereocenters. The maximum atomic E-state index is 12.2. The number of rotatable bonds is 7. The lowest BCUT2D eigenvalue weighted by atomic mass is 10.1. The molecule has 2 rings (SSSR count). The maximum absolute atomic E-state index is 12.2. The summed E-state index contributed by atoms with van der Waals surface area (Å²) < 4.78 is 10.4. The minimum Gasteiger partial charge on any atom is -0.467 e. The summed E-state index contributed by atoms with van der Waals surface area (Å²) in [6.45, 7) is 6.60. The Hall–Kier alpha value is -1.37. The Bertz CT molecular complexity index is 443. The molecule has 1 amide bonds. The molecule has 3 unspecified atom stereocenters. The van der Waals surface area contributed by atoms with E-state index >= 15 is 0 Å². The van der Waals surface area contributed by atoms with Crippen molar-refractivity contribution in [1.29, 1.82) is 0 Å². The summed E-state index contributed by atoms with van der Waals surface area (Å²) in [7, 11) is 0. The molecular weight excluding hydrogens is 284 g/mol. The molecule has 0 aromatic carbocycles. The van der Waals surface area contributed by atoms with E-state index in [1.54, 1.807) is 18.4 Å². The van der Waals surface area contributed by atoms with Crippen molar-refractivity contribution in [3.8, 4) is 0 Å². The van der Waals surface area contributed by atoms with Gasteiger partial charge in [0.2, 0.25) is 5.91 Å². The number of furan rings is 1. The molecule has 6 heteroatoms. The summed E-state index contributed by atoms with van der Waals surface area (Å²) in [4.78, 5) is 14.0. The van der Waals surface area contributed by atoms with Crippen molar-refractivity contribution < 1.29 is 19.1 Å². The highest BCUT2D eigenvalue weighted by Crippen LogP contribution is 2.18. The Kier molecular flexibility index (Phi) is 6.42. The largest absolute Gasteiger partial charge is 0.467 e. The fraction of sp³-hybridized carbons (Fsp3) is 0.688. The van der Waals surface area contributed by atoms with Crippen molar-refractivity contribution in [1.82, 2.24) is 10.2 Å². The van der Waals surface area contributed by atoms with E-state index in [2.05, 4.69) is 5.32 Å². The van der Waals surface area contributed by atoms with Crippen LogP contribution in [0.25, 0.3) is 0 Å². The van der Waals surface area contributed by atoms with Gasteiger partial charge >= 0.3 is 0 Å². The van der Waals surface area contributed by atoms with Crippen LogP contribution in [0.1, 0.15) is 38.6 Å². The minimum absolute atomic E-state index is 0.0640. The van der Waals surface area contributed by atoms with Gasteiger partial charge in [-0.3, -0.25) is 4.79 Å². The van der Waals surface area contributed by atoms with Gasteiger partial charge in [0.1, 0.15) is 11.9 Å². The van der Waals surface area contributed by atoms with Crippen molar-refractivity contribution >= 4 is 5.91 Å². The fourth-order valence-corrected chi connectivity index (χ4v) is 2.75. The molecule has 0 aliphatic carbocycles. The second-order valence-electron chi connectivity index (χ2n) is 5.93. The predicted molar refractivity (Wildman–Crippen MR) is 82.4 cm³/mol. The minimum atomic E-state index is -0.625. The lowest BCUT2D eigenvalue weighted by Crippen LogP contribution is -2.44. The van der Waals surface area contributed by atoms with Gasteiger partial charge in [0.05, 0.1) is 19.5 Å². The summed E-state index contributed by atoms with van der Waals surface area (Å²) >= 11 is 0. The molecule has 0 saturated carbocycles. The van der Waals surface area contributed by atoms with E-state index in [4.69, 9.17) is 9.15 Å². The molecular formula is C16H26N2O4. The molecule has 124 valence electrons. The van der Waals surface area contributed by atoms with Crippen LogP contribution in [0.3, 0.4) is 0 Å². The Morgan fingerprint density at radius 1 is 1.36 bits per heavy atom. The van der Waals surface area contributed by atoms with Crippen LogP contribution in [-0.4, -0.2) is 54.3 Å². The highest BCUT2D eigenvalue weighted by Gasteiger charge is 2.21. The normalized spacial score (nSPS) is 19.7. The van der Waals surface area contributed by atoms with Crippen LogP contribution in [0.2, 0.25) is 0 Å². The highest BCUT2D eigenvalue weighted by atomic mass is 16.5. The number of amides is 1. The van der Waals surface area contributed by atoms with E-state index in [0.29, 0.717) is 44.9 Å². The molecule has 2 N–H and O–H groups in total. The average Bonchev–Trinajstić information content (AvgIpc) is 3.02. The highest BCUT2D eigenvalue weighted by molar-refractivity contribution is 5.76. The lowest BCUT2D eigenvalue weighted by Gasteiger charge is -2.29. The van der Waals surface area contributed by atoms with Crippen LogP contribution in [0.5, 0.6) is 0 Å². The van der Waals surface area contributed by atoms with Gasteiger partial charge in [-0.25, -0.2) is 0 Å². The predicted octanol–water partition coefficient (Wildman–Crippen LogP) is 1.32. The van der Waals surface area contributed by atoms with Gasteiger partial charge in [0.15, 0.2) is 0 Å². The Labute approximate surface area is 131 Å². The summed E-state index contributed by atoms with van der Waals surface area (Å²) in [6.07, 6.45) is 1.94. The Morgan fingerprint density at radius 2 is 2.09 bits per heavy atom. The monoisotopic (exact) mass is 310 g/mol. The quantitative estimate of drug-likeness (QED) is 0.794. The third kappa shape index (κ3) is 5.12. The van der Waals surface area contributed by atoms with Crippen LogP contribution in [0.15, 0.2) is 22.8 Å². The maximum Gasteiger partial charge on any atom is 0.224 e. The summed E-state index contributed by atoms with van der Waals surface area (Å²) in [5.74, 6) is 0.729. The van der Waals surface area contributed by atoms with E-state index in [9.17, 15) is 9.90 Å². The van der Waals surface area contributed by atoms with Crippen molar-refractivity contribution in [2.24, 2.45) is 0 Å². The molecule has 0 bridgehead atoms. The lowest BCUT2D eigenvalue weighted by molar-refractivity contribution is -0.135. The second kappa shape index (κ2) is 8.31. The van der Waals surface area contributed by atoms with Crippen molar-refractivity contribution in [2.75, 3.05) is 26.3 Å². The van der Waals surface area contributed by atoms with E-state index < -0.39 is 6.10 Å². The third-order valence-electron chi connectivity index (χ3n) is 3.86. The number of aliphatic hydroxyl groups excluding tert-OH is 1. The summed E-state index contributed by atoms with van der Waals surface area (Å²) in [6, 6.07) is 3.69. The van der Waals surface area contributed by atoms with Crippen LogP contribution in [-0.2, 0) is 9.53 Å². The number of hydrogen-bond donors (Lipinski definition) is 2. The van der Waals surface area contributed by atoms with Crippen LogP contribution < -0.4 is 5.32 Å². The summed E-state index contributed by atoms with van der Waals surface area (Å²) in [5, 5.41) is 13.4. The second-order valence-corrected chi connectivity index (χ2v) is 5.93. The first-order valence-corrected chi connectivity index (χ1v) is 7.89. The number of carbonyl (C=O) groups is 1. The SMILES string of the molecule is CC(CC(=O)N1CCOCC1)NC(C)CC(O)c1ccco1. The fourth-order valence-electron chi connectivity index (χ4n) is 2.75. The zero-order chi connectivity index (χ0) is 15.9. The molecule has 1 aliphatic rings. The number of nitrogens with zero attached hydrogens (tertiary/aromatic N) is 1. The van der Waals surface area contributed by atoms with Gasteiger partial charge in [0, 0.05) is 31.6 Å². The number of carbonyl (C=O) groups excluding carboxylic acids is 1. The molecule has 0 spiro atoms. The zero-order valence-electron chi connectivity index (χ0n) is 13.3. The molecule has 22 heavy (non-hydrogen) atoms. The molecule has 2 heterocycles. The van der Waals surface area contributed by atoms with E-state index in [-0.39, 0.29) is 18.0 Å². The van der Waals surface area contributed by atoms with Gasteiger partial charge in [-0.05, 0) is 32.4 Å². The number of morpholine rings is 1. The number of aliphatic hydroxyl groups is 1. The Morgan fingerprint density at radius 3 is 2.73 bits per heavy atom. The average molecular weight is 310 g/mol. The molecule has 1 aromatic rings. The molecule has 1 aliphatic heterocycles. The first-order valence-electron chi connectivity index (χ1n) is 7.89. The first kappa shape index (κ1) is 17.0. The van der Waals surface area contributed by atoms with Gasteiger partial charge in [-0.2, -0.15) is 0 Å². The molecule has 0 radical (unpaired) electrons. The van der Waals surface area contributed by atoms with E-state index in [0.717, 1.165) is 0 Å². The molecule has 1 saturated heterocycles. The van der Waals surface area contributed by atoms with Gasteiger partial charge in [0.25, 0.3) is 0 Å². The van der Waals surface area contributed by atoms with Crippen LogP contribution in [0.4, 0.5) is 0 Å². The van der Waals surface area contributed by atoms with Gasteiger partial charge in [-0.15, -0.1) is 0 Å². The van der Waals surface area contributed by atoms with Crippen molar-refractivity contribution in [2.45, 2.75) is 44.9 Å². The number of nitrogens with one attached hydrogen (secondary N) is 1. The first-order chi connectivity index (χ1) is 10.6. The molecule has 1 aromatic heterocycles. The van der Waals surface area contributed by atoms with Gasteiger partial charge in [-0.1, -0.05) is 0 Å². The zero-order valence-corrected chi connectivity index (χ0v) is 13.3. The smallest absolute Gasteiger partial charge is 0.224 e. The topological polar surface area (TPSA) is 74.9 Å². The number of hydrogen-bond acceptors (Lipinski definition) is 5. The van der Waals surface area contributed by atoms with Gasteiger partial charge < -0.3 is 24.5 Å². The standard InChI is InChI=1S/C16H26N2O4/c1-12(10-14(19)15-4-3-7-22-15)17-13(2)11-16(20)18-5-8-21-9-6-18/h3-4,7,12-14,17,19H,5-6,8-11H2,1-2H3. The summed E-state index contributed by atoms with van der Waals surface area (Å²) in [5.41, 5.74) is 0. The van der Waals surface area contributed by atoms with Crippen LogP contribution in [0, 0.1) is 0 Å². The van der Waals surface area contributed by atoms with E-state index in [1.165, 1.54) is 0 Å². The van der Waals surface area contributed by atoms with Crippen LogP contribution >= 0.6 is 0 Å². The molecule has 6 nitrogen and oxygen atoms in total. The molecule has 1 fully saturated rings.